The molecule has 1 N–H and O–H groups in total. The fourth-order valence-electron chi connectivity index (χ4n) is 1.44. The summed E-state index contributed by atoms with van der Waals surface area (Å²) in [7, 11) is 0. The van der Waals surface area contributed by atoms with Crippen molar-refractivity contribution in [2.75, 3.05) is 38.3 Å². The Bertz CT molecular complexity index is 137. The fraction of sp³-hybridized carbons (Fsp3) is 1.00. The van der Waals surface area contributed by atoms with Crippen molar-refractivity contribution >= 4 is 11.8 Å². The largest absolute Gasteiger partial charge is 0.380 e. The van der Waals surface area contributed by atoms with E-state index in [1.54, 1.807) is 0 Å². The average molecular weight is 203 g/mol. The molecule has 2 nitrogen and oxygen atoms in total. The summed E-state index contributed by atoms with van der Waals surface area (Å²) in [5, 5.41) is 3.50. The zero-order chi connectivity index (χ0) is 9.57. The summed E-state index contributed by atoms with van der Waals surface area (Å²) in [5.74, 6) is 1.29. The topological polar surface area (TPSA) is 21.3 Å². The first kappa shape index (κ1) is 11.3. The molecule has 0 amide bonds. The van der Waals surface area contributed by atoms with Gasteiger partial charge in [0.2, 0.25) is 0 Å². The van der Waals surface area contributed by atoms with Crippen LogP contribution in [0.2, 0.25) is 0 Å². The molecule has 0 spiro atoms. The van der Waals surface area contributed by atoms with Gasteiger partial charge in [-0.05, 0) is 31.4 Å². The number of thioether (sulfide) groups is 1. The van der Waals surface area contributed by atoms with Crippen molar-refractivity contribution in [3.63, 3.8) is 0 Å². The average Bonchev–Trinajstić information content (AvgIpc) is 2.08. The molecule has 13 heavy (non-hydrogen) atoms. The molecule has 3 heteroatoms. The first-order chi connectivity index (χ1) is 6.27. The Balaban J connectivity index is 1.83. The van der Waals surface area contributed by atoms with Crippen LogP contribution in [0.15, 0.2) is 0 Å². The number of ether oxygens (including phenoxy) is 1. The molecule has 1 heterocycles. The lowest BCUT2D eigenvalue weighted by Crippen LogP contribution is -2.47. The smallest absolute Gasteiger partial charge is 0.0554 e. The van der Waals surface area contributed by atoms with Crippen LogP contribution in [0.25, 0.3) is 0 Å². The minimum atomic E-state index is 0.430. The highest BCUT2D eigenvalue weighted by molar-refractivity contribution is 7.98. The summed E-state index contributed by atoms with van der Waals surface area (Å²) in [6.45, 7) is 6.43. The quantitative estimate of drug-likeness (QED) is 0.637. The van der Waals surface area contributed by atoms with Crippen LogP contribution < -0.4 is 5.32 Å². The number of hydrogen-bond acceptors (Lipinski definition) is 3. The number of rotatable bonds is 7. The Morgan fingerprint density at radius 1 is 1.38 bits per heavy atom. The first-order valence-electron chi connectivity index (χ1n) is 5.04. The molecular weight excluding hydrogens is 182 g/mol. The molecule has 1 fully saturated rings. The van der Waals surface area contributed by atoms with E-state index in [1.165, 1.54) is 18.6 Å². The Kier molecular flexibility index (Phi) is 5.14. The summed E-state index contributed by atoms with van der Waals surface area (Å²) < 4.78 is 5.19. The van der Waals surface area contributed by atoms with Crippen molar-refractivity contribution in [2.45, 2.75) is 19.8 Å². The Labute approximate surface area is 85.8 Å². The van der Waals surface area contributed by atoms with Gasteiger partial charge >= 0.3 is 0 Å². The van der Waals surface area contributed by atoms with Crippen LogP contribution in [0.4, 0.5) is 0 Å². The van der Waals surface area contributed by atoms with Crippen molar-refractivity contribution < 1.29 is 4.74 Å². The monoisotopic (exact) mass is 203 g/mol. The first-order valence-corrected chi connectivity index (χ1v) is 6.44. The highest BCUT2D eigenvalue weighted by Crippen LogP contribution is 2.24. The van der Waals surface area contributed by atoms with Gasteiger partial charge in [0.05, 0.1) is 13.2 Å². The lowest BCUT2D eigenvalue weighted by atomic mass is 9.89. The second kappa shape index (κ2) is 5.89. The minimum absolute atomic E-state index is 0.430. The molecule has 0 saturated carbocycles. The summed E-state index contributed by atoms with van der Waals surface area (Å²) in [4.78, 5) is 0. The standard InChI is InChI=1S/C10H21NOS/c1-10(8-12-9-10)7-11-5-3-4-6-13-2/h11H,3-9H2,1-2H3. The van der Waals surface area contributed by atoms with Gasteiger partial charge in [-0.3, -0.25) is 0 Å². The molecule has 1 rings (SSSR count). The van der Waals surface area contributed by atoms with E-state index in [0.29, 0.717) is 5.41 Å². The van der Waals surface area contributed by atoms with Gasteiger partial charge in [0.25, 0.3) is 0 Å². The highest BCUT2D eigenvalue weighted by Gasteiger charge is 2.32. The molecule has 0 bridgehead atoms. The van der Waals surface area contributed by atoms with Crippen molar-refractivity contribution in [1.82, 2.24) is 5.32 Å². The lowest BCUT2D eigenvalue weighted by Gasteiger charge is -2.38. The van der Waals surface area contributed by atoms with E-state index in [-0.39, 0.29) is 0 Å². The van der Waals surface area contributed by atoms with Gasteiger partial charge in [0.1, 0.15) is 0 Å². The van der Waals surface area contributed by atoms with E-state index >= 15 is 0 Å². The van der Waals surface area contributed by atoms with Gasteiger partial charge in [-0.2, -0.15) is 11.8 Å². The minimum Gasteiger partial charge on any atom is -0.380 e. The third kappa shape index (κ3) is 4.34. The van der Waals surface area contributed by atoms with Crippen molar-refractivity contribution in [1.29, 1.82) is 0 Å². The van der Waals surface area contributed by atoms with Crippen LogP contribution in [0.1, 0.15) is 19.8 Å². The summed E-state index contributed by atoms with van der Waals surface area (Å²) in [6, 6.07) is 0. The molecule has 78 valence electrons. The zero-order valence-corrected chi connectivity index (χ0v) is 9.58. The summed E-state index contributed by atoms with van der Waals surface area (Å²) in [6.07, 6.45) is 4.80. The maximum atomic E-state index is 5.19. The van der Waals surface area contributed by atoms with Gasteiger partial charge in [0, 0.05) is 12.0 Å². The Hall–Kier alpha value is 0.270. The maximum absolute atomic E-state index is 5.19. The molecule has 0 aromatic rings. The van der Waals surface area contributed by atoms with E-state index in [1.807, 2.05) is 11.8 Å². The van der Waals surface area contributed by atoms with E-state index in [2.05, 4.69) is 18.5 Å². The Morgan fingerprint density at radius 3 is 2.69 bits per heavy atom. The second-order valence-corrected chi connectivity index (χ2v) is 5.17. The third-order valence-corrected chi connectivity index (χ3v) is 3.10. The molecule has 1 aliphatic heterocycles. The van der Waals surface area contributed by atoms with Gasteiger partial charge in [0.15, 0.2) is 0 Å². The molecule has 0 radical (unpaired) electrons. The molecule has 0 atom stereocenters. The number of nitrogens with one attached hydrogen (secondary N) is 1. The van der Waals surface area contributed by atoms with Crippen LogP contribution in [0.5, 0.6) is 0 Å². The third-order valence-electron chi connectivity index (χ3n) is 2.40. The molecule has 1 saturated heterocycles. The van der Waals surface area contributed by atoms with Gasteiger partial charge in [-0.25, -0.2) is 0 Å². The maximum Gasteiger partial charge on any atom is 0.0554 e. The predicted molar refractivity (Wildman–Crippen MR) is 59.4 cm³/mol. The molecular formula is C10H21NOS. The normalized spacial score (nSPS) is 19.8. The van der Waals surface area contributed by atoms with Gasteiger partial charge in [-0.1, -0.05) is 6.92 Å². The van der Waals surface area contributed by atoms with Crippen molar-refractivity contribution in [2.24, 2.45) is 5.41 Å². The van der Waals surface area contributed by atoms with Crippen LogP contribution in [-0.4, -0.2) is 38.3 Å². The molecule has 0 aliphatic carbocycles. The Morgan fingerprint density at radius 2 is 2.15 bits per heavy atom. The van der Waals surface area contributed by atoms with E-state index < -0.39 is 0 Å². The van der Waals surface area contributed by atoms with Gasteiger partial charge in [-0.15, -0.1) is 0 Å². The lowest BCUT2D eigenvalue weighted by molar-refractivity contribution is -0.0989. The van der Waals surface area contributed by atoms with Crippen molar-refractivity contribution in [3.8, 4) is 0 Å². The van der Waals surface area contributed by atoms with Gasteiger partial charge < -0.3 is 10.1 Å². The fourth-order valence-corrected chi connectivity index (χ4v) is 1.93. The SMILES string of the molecule is CSCCCCNCC1(C)COC1. The van der Waals surface area contributed by atoms with Crippen LogP contribution in [0.3, 0.4) is 0 Å². The highest BCUT2D eigenvalue weighted by atomic mass is 32.2. The van der Waals surface area contributed by atoms with E-state index in [4.69, 9.17) is 4.74 Å². The number of unbranched alkanes of at least 4 members (excludes halogenated alkanes) is 1. The second-order valence-electron chi connectivity index (χ2n) is 4.18. The van der Waals surface area contributed by atoms with Crippen molar-refractivity contribution in [3.05, 3.63) is 0 Å². The molecule has 0 unspecified atom stereocenters. The molecule has 0 aromatic heterocycles. The van der Waals surface area contributed by atoms with E-state index in [9.17, 15) is 0 Å². The zero-order valence-electron chi connectivity index (χ0n) is 8.77. The predicted octanol–water partition coefficient (Wildman–Crippen LogP) is 1.76. The van der Waals surface area contributed by atoms with Crippen LogP contribution in [-0.2, 0) is 4.74 Å². The summed E-state index contributed by atoms with van der Waals surface area (Å²) in [5.41, 5.74) is 0.430. The molecule has 0 aromatic carbocycles. The van der Waals surface area contributed by atoms with E-state index in [0.717, 1.165) is 26.3 Å². The molecule has 1 aliphatic rings. The number of hydrogen-bond donors (Lipinski definition) is 1. The summed E-state index contributed by atoms with van der Waals surface area (Å²) >= 11 is 1.93. The van der Waals surface area contributed by atoms with Crippen LogP contribution >= 0.6 is 11.8 Å². The van der Waals surface area contributed by atoms with Crippen LogP contribution in [0, 0.1) is 5.41 Å².